The van der Waals surface area contributed by atoms with Gasteiger partial charge >= 0.3 is 17.9 Å². The minimum atomic E-state index is -0.761. The van der Waals surface area contributed by atoms with Gasteiger partial charge in [-0.05, 0) is 25.2 Å². The van der Waals surface area contributed by atoms with E-state index >= 15 is 0 Å². The summed E-state index contributed by atoms with van der Waals surface area (Å²) >= 11 is 0. The molecule has 0 spiro atoms. The summed E-state index contributed by atoms with van der Waals surface area (Å²) in [6.45, 7) is 9.08. The second-order valence-corrected chi connectivity index (χ2v) is 21.1. The fraction of sp³-hybridized carbons (Fsp3) is 0.950. The first kappa shape index (κ1) is 64.4. The molecule has 6 heteroatoms. The van der Waals surface area contributed by atoms with Crippen LogP contribution in [0.15, 0.2) is 0 Å². The third kappa shape index (κ3) is 53.4. The van der Waals surface area contributed by atoms with Gasteiger partial charge in [-0.1, -0.05) is 304 Å². The predicted octanol–water partition coefficient (Wildman–Crippen LogP) is 19.8. The highest BCUT2D eigenvalue weighted by Crippen LogP contribution is 2.18. The lowest BCUT2D eigenvalue weighted by molar-refractivity contribution is -0.167. The highest BCUT2D eigenvalue weighted by Gasteiger charge is 2.19. The maximum atomic E-state index is 12.8. The molecular formula is C60H116O6. The first-order valence-electron chi connectivity index (χ1n) is 29.9. The third-order valence-corrected chi connectivity index (χ3v) is 13.8. The van der Waals surface area contributed by atoms with Crippen molar-refractivity contribution in [2.24, 2.45) is 5.92 Å². The number of hydrogen-bond acceptors (Lipinski definition) is 6. The first-order valence-corrected chi connectivity index (χ1v) is 29.9. The van der Waals surface area contributed by atoms with Crippen molar-refractivity contribution in [3.63, 3.8) is 0 Å². The molecule has 0 N–H and O–H groups in total. The van der Waals surface area contributed by atoms with Gasteiger partial charge in [-0.3, -0.25) is 14.4 Å². The van der Waals surface area contributed by atoms with Crippen molar-refractivity contribution in [1.29, 1.82) is 0 Å². The van der Waals surface area contributed by atoms with Crippen molar-refractivity contribution in [2.45, 2.75) is 348 Å². The van der Waals surface area contributed by atoms with Gasteiger partial charge in [0.25, 0.3) is 0 Å². The molecule has 0 saturated heterocycles. The molecule has 0 unspecified atom stereocenters. The number of unbranched alkanes of at least 4 members (excludes halogenated alkanes) is 42. The van der Waals surface area contributed by atoms with Crippen LogP contribution in [0.1, 0.15) is 342 Å². The van der Waals surface area contributed by atoms with Crippen molar-refractivity contribution in [2.75, 3.05) is 13.2 Å². The highest BCUT2D eigenvalue weighted by molar-refractivity contribution is 5.71. The molecule has 0 radical (unpaired) electrons. The molecule has 0 bridgehead atoms. The SMILES string of the molecule is CCCCCCCCCCCCCCCCC(=O)O[C@@H](COC(=O)CCCCCCCCCCCCCCC)COC(=O)CCCCCCCCCCCCCCCCCCCCC(C)C. The van der Waals surface area contributed by atoms with Crippen LogP contribution in [0.5, 0.6) is 0 Å². The van der Waals surface area contributed by atoms with Gasteiger partial charge in [0.15, 0.2) is 6.10 Å². The lowest BCUT2D eigenvalue weighted by Crippen LogP contribution is -2.30. The summed E-state index contributed by atoms with van der Waals surface area (Å²) in [5.41, 5.74) is 0. The molecule has 0 rings (SSSR count). The Morgan fingerprint density at radius 2 is 0.500 bits per heavy atom. The Hall–Kier alpha value is -1.59. The van der Waals surface area contributed by atoms with Crippen LogP contribution in [0.4, 0.5) is 0 Å². The average Bonchev–Trinajstić information content (AvgIpc) is 3.30. The zero-order valence-electron chi connectivity index (χ0n) is 45.2. The molecular weight excluding hydrogens is 817 g/mol. The Labute approximate surface area is 412 Å². The van der Waals surface area contributed by atoms with E-state index in [9.17, 15) is 14.4 Å². The quantitative estimate of drug-likeness (QED) is 0.0343. The Morgan fingerprint density at radius 1 is 0.288 bits per heavy atom. The van der Waals surface area contributed by atoms with Crippen LogP contribution in [0.3, 0.4) is 0 Å². The second-order valence-electron chi connectivity index (χ2n) is 21.1. The van der Waals surface area contributed by atoms with E-state index in [1.807, 2.05) is 0 Å². The molecule has 66 heavy (non-hydrogen) atoms. The molecule has 6 nitrogen and oxygen atoms in total. The van der Waals surface area contributed by atoms with E-state index in [4.69, 9.17) is 14.2 Å². The molecule has 0 aliphatic rings. The molecule has 392 valence electrons. The van der Waals surface area contributed by atoms with E-state index < -0.39 is 6.10 Å². The van der Waals surface area contributed by atoms with Gasteiger partial charge in [0, 0.05) is 19.3 Å². The van der Waals surface area contributed by atoms with E-state index in [1.165, 1.54) is 238 Å². The van der Waals surface area contributed by atoms with Crippen molar-refractivity contribution < 1.29 is 28.6 Å². The van der Waals surface area contributed by atoms with Gasteiger partial charge in [-0.25, -0.2) is 0 Å². The van der Waals surface area contributed by atoms with Crippen molar-refractivity contribution in [3.8, 4) is 0 Å². The summed E-state index contributed by atoms with van der Waals surface area (Å²) in [5, 5.41) is 0. The van der Waals surface area contributed by atoms with Crippen LogP contribution in [-0.2, 0) is 28.6 Å². The molecule has 0 aromatic heterocycles. The standard InChI is InChI=1S/C60H116O6/c1-5-7-9-11-13-15-17-19-28-33-37-41-45-49-53-60(63)66-57(54-64-58(61)51-47-43-39-35-31-26-18-16-14-12-10-8-6-2)55-65-59(62)52-48-44-40-36-32-29-25-23-21-20-22-24-27-30-34-38-42-46-50-56(3)4/h56-57H,5-55H2,1-4H3/t57-/m0/s1. The van der Waals surface area contributed by atoms with Crippen molar-refractivity contribution >= 4 is 17.9 Å². The Balaban J connectivity index is 4.23. The summed E-state index contributed by atoms with van der Waals surface area (Å²) in [5.74, 6) is 0.0264. The summed E-state index contributed by atoms with van der Waals surface area (Å²) in [4.78, 5) is 38.1. The van der Waals surface area contributed by atoms with Crippen molar-refractivity contribution in [1.82, 2.24) is 0 Å². The lowest BCUT2D eigenvalue weighted by Gasteiger charge is -2.18. The van der Waals surface area contributed by atoms with Gasteiger partial charge in [-0.15, -0.1) is 0 Å². The fourth-order valence-corrected chi connectivity index (χ4v) is 9.28. The van der Waals surface area contributed by atoms with Gasteiger partial charge in [-0.2, -0.15) is 0 Å². The summed E-state index contributed by atoms with van der Waals surface area (Å²) < 4.78 is 16.9. The molecule has 0 saturated carbocycles. The molecule has 0 amide bonds. The minimum absolute atomic E-state index is 0.0615. The van der Waals surface area contributed by atoms with Crippen molar-refractivity contribution in [3.05, 3.63) is 0 Å². The molecule has 1 atom stereocenters. The smallest absolute Gasteiger partial charge is 0.306 e. The second kappa shape index (κ2) is 54.4. The van der Waals surface area contributed by atoms with Gasteiger partial charge in [0.1, 0.15) is 13.2 Å². The number of carbonyl (C=O) groups excluding carboxylic acids is 3. The van der Waals surface area contributed by atoms with Crippen LogP contribution in [0.25, 0.3) is 0 Å². The van der Waals surface area contributed by atoms with Gasteiger partial charge in [0.05, 0.1) is 0 Å². The number of carbonyl (C=O) groups is 3. The first-order chi connectivity index (χ1) is 32.4. The number of esters is 3. The zero-order valence-corrected chi connectivity index (χ0v) is 45.2. The lowest BCUT2D eigenvalue weighted by atomic mass is 10.0. The number of hydrogen-bond donors (Lipinski definition) is 0. The molecule has 0 fully saturated rings. The van der Waals surface area contributed by atoms with Gasteiger partial charge < -0.3 is 14.2 Å². The molecule has 0 aromatic carbocycles. The maximum absolute atomic E-state index is 12.8. The zero-order chi connectivity index (χ0) is 48.1. The molecule has 0 heterocycles. The topological polar surface area (TPSA) is 78.9 Å². The Morgan fingerprint density at radius 3 is 0.742 bits per heavy atom. The largest absolute Gasteiger partial charge is 0.462 e. The molecule has 0 aromatic rings. The predicted molar refractivity (Wildman–Crippen MR) is 284 cm³/mol. The number of ether oxygens (including phenoxy) is 3. The van der Waals surface area contributed by atoms with Gasteiger partial charge in [0.2, 0.25) is 0 Å². The third-order valence-electron chi connectivity index (χ3n) is 13.8. The van der Waals surface area contributed by atoms with Crippen LogP contribution < -0.4 is 0 Å². The highest BCUT2D eigenvalue weighted by atomic mass is 16.6. The van der Waals surface area contributed by atoms with Crippen LogP contribution >= 0.6 is 0 Å². The molecule has 0 aliphatic heterocycles. The van der Waals surface area contributed by atoms with E-state index in [0.29, 0.717) is 19.3 Å². The Kier molecular flexibility index (Phi) is 53.0. The van der Waals surface area contributed by atoms with E-state index in [1.54, 1.807) is 0 Å². The van der Waals surface area contributed by atoms with Crippen LogP contribution in [0, 0.1) is 5.92 Å². The average molecular weight is 934 g/mol. The van der Waals surface area contributed by atoms with E-state index in [2.05, 4.69) is 27.7 Å². The van der Waals surface area contributed by atoms with Crippen LogP contribution in [0.2, 0.25) is 0 Å². The summed E-state index contributed by atoms with van der Waals surface area (Å²) in [6, 6.07) is 0. The fourth-order valence-electron chi connectivity index (χ4n) is 9.28. The summed E-state index contributed by atoms with van der Waals surface area (Å²) in [6.07, 6.45) is 59.5. The Bertz CT molecular complexity index is 996. The van der Waals surface area contributed by atoms with E-state index in [-0.39, 0.29) is 31.1 Å². The summed E-state index contributed by atoms with van der Waals surface area (Å²) in [7, 11) is 0. The normalized spacial score (nSPS) is 12.0. The number of rotatable bonds is 55. The maximum Gasteiger partial charge on any atom is 0.306 e. The molecule has 0 aliphatic carbocycles. The monoisotopic (exact) mass is 933 g/mol. The minimum Gasteiger partial charge on any atom is -0.462 e. The van der Waals surface area contributed by atoms with Crippen LogP contribution in [-0.4, -0.2) is 37.2 Å². The van der Waals surface area contributed by atoms with E-state index in [0.717, 1.165) is 63.7 Å².